The van der Waals surface area contributed by atoms with Crippen molar-refractivity contribution in [2.75, 3.05) is 23.7 Å². The molecule has 2 aromatic heterocycles. The number of hydrogen-bond acceptors (Lipinski definition) is 7. The molecule has 2 N–H and O–H groups in total. The number of likely N-dealkylation sites (tertiary alicyclic amines) is 1. The third-order valence-electron chi connectivity index (χ3n) is 11.9. The van der Waals surface area contributed by atoms with Gasteiger partial charge in [-0.3, -0.25) is 9.88 Å². The van der Waals surface area contributed by atoms with Crippen LogP contribution in [-0.2, 0) is 0 Å². The van der Waals surface area contributed by atoms with Crippen LogP contribution in [0, 0.1) is 29.1 Å². The summed E-state index contributed by atoms with van der Waals surface area (Å²) in [7, 11) is 0. The summed E-state index contributed by atoms with van der Waals surface area (Å²) in [5.41, 5.74) is 5.17. The van der Waals surface area contributed by atoms with Gasteiger partial charge < -0.3 is 10.6 Å². The SMILES string of the molecule is CC(C)(C)N1CCC(n2cc([C@@H](Nc3cc(Cl)c4ncc(C#N)c(N[C@@]56CCC7C[C@H](C[C@H](C7)C5)C6)c4c3)c3ccccc3)nn2)CC1. The lowest BCUT2D eigenvalue weighted by atomic mass is 9.65. The number of pyridine rings is 1. The maximum absolute atomic E-state index is 10.3. The maximum atomic E-state index is 10.3. The van der Waals surface area contributed by atoms with Crippen molar-refractivity contribution in [1.82, 2.24) is 24.9 Å². The average molecular weight is 663 g/mol. The Morgan fingerprint density at radius 1 is 1.00 bits per heavy atom. The molecular weight excluding hydrogens is 616 g/mol. The number of fused-ring (bicyclic) bond motifs is 2. The third-order valence-corrected chi connectivity index (χ3v) is 12.2. The quantitative estimate of drug-likeness (QED) is 0.204. The summed E-state index contributed by atoms with van der Waals surface area (Å²) >= 11 is 7.01. The minimum Gasteiger partial charge on any atom is -0.378 e. The van der Waals surface area contributed by atoms with Crippen LogP contribution in [0.5, 0.6) is 0 Å². The molecule has 0 radical (unpaired) electrons. The van der Waals surface area contributed by atoms with Crippen LogP contribution in [0.2, 0.25) is 5.02 Å². The molecule has 4 saturated carbocycles. The van der Waals surface area contributed by atoms with Gasteiger partial charge in [-0.2, -0.15) is 5.26 Å². The van der Waals surface area contributed by atoms with Gasteiger partial charge >= 0.3 is 0 Å². The zero-order chi connectivity index (χ0) is 33.0. The Morgan fingerprint density at radius 2 is 1.73 bits per heavy atom. The van der Waals surface area contributed by atoms with Crippen molar-refractivity contribution in [1.29, 1.82) is 5.26 Å². The first kappa shape index (κ1) is 31.6. The maximum Gasteiger partial charge on any atom is 0.109 e. The molecule has 4 aromatic rings. The minimum atomic E-state index is -0.238. The lowest BCUT2D eigenvalue weighted by Crippen LogP contribution is -2.46. The highest BCUT2D eigenvalue weighted by Gasteiger charge is 2.48. The van der Waals surface area contributed by atoms with Crippen LogP contribution in [0.25, 0.3) is 10.9 Å². The summed E-state index contributed by atoms with van der Waals surface area (Å²) in [4.78, 5) is 7.24. The predicted molar refractivity (Wildman–Crippen MR) is 192 cm³/mol. The minimum absolute atomic E-state index is 0.0166. The Hall–Kier alpha value is -3.67. The Morgan fingerprint density at radius 3 is 2.44 bits per heavy atom. The van der Waals surface area contributed by atoms with Gasteiger partial charge in [-0.15, -0.1) is 5.10 Å². The van der Waals surface area contributed by atoms with Gasteiger partial charge in [0.2, 0.25) is 0 Å². The molecule has 250 valence electrons. The van der Waals surface area contributed by atoms with Crippen molar-refractivity contribution in [3.8, 4) is 6.07 Å². The van der Waals surface area contributed by atoms with Gasteiger partial charge in [0.15, 0.2) is 0 Å². The van der Waals surface area contributed by atoms with Crippen molar-refractivity contribution < 1.29 is 0 Å². The summed E-state index contributed by atoms with van der Waals surface area (Å²) in [5, 5.41) is 28.9. The first-order chi connectivity index (χ1) is 23.2. The second-order valence-electron chi connectivity index (χ2n) is 16.2. The number of rotatable bonds is 7. The Labute approximate surface area is 289 Å². The van der Waals surface area contributed by atoms with Gasteiger partial charge in [-0.25, -0.2) is 4.68 Å². The van der Waals surface area contributed by atoms with E-state index < -0.39 is 0 Å². The zero-order valence-electron chi connectivity index (χ0n) is 28.4. The molecule has 48 heavy (non-hydrogen) atoms. The molecule has 9 heteroatoms. The molecule has 0 amide bonds. The third kappa shape index (κ3) is 6.05. The molecule has 8 nitrogen and oxygen atoms in total. The van der Waals surface area contributed by atoms with E-state index in [0.717, 1.165) is 78.1 Å². The average Bonchev–Trinajstić information content (AvgIpc) is 3.48. The predicted octanol–water partition coefficient (Wildman–Crippen LogP) is 8.76. The number of nitriles is 1. The molecule has 9 rings (SSSR count). The number of aromatic nitrogens is 4. The molecular formula is C39H47ClN8. The zero-order valence-corrected chi connectivity index (χ0v) is 29.2. The van der Waals surface area contributed by atoms with E-state index in [9.17, 15) is 5.26 Å². The van der Waals surface area contributed by atoms with E-state index in [1.807, 2.05) is 12.1 Å². The number of benzene rings is 2. The Bertz CT molecular complexity index is 1820. The van der Waals surface area contributed by atoms with Gasteiger partial charge in [0.1, 0.15) is 11.8 Å². The molecule has 5 aliphatic rings. The van der Waals surface area contributed by atoms with Gasteiger partial charge in [0.25, 0.3) is 0 Å². The second-order valence-corrected chi connectivity index (χ2v) is 16.6. The van der Waals surface area contributed by atoms with Crippen molar-refractivity contribution in [2.24, 2.45) is 17.8 Å². The fourth-order valence-corrected chi connectivity index (χ4v) is 9.95. The summed E-state index contributed by atoms with van der Waals surface area (Å²) < 4.78 is 2.07. The first-order valence-electron chi connectivity index (χ1n) is 18.0. The fourth-order valence-electron chi connectivity index (χ4n) is 9.68. The molecule has 4 aliphatic carbocycles. The van der Waals surface area contributed by atoms with Crippen LogP contribution in [0.3, 0.4) is 0 Å². The van der Waals surface area contributed by atoms with Crippen LogP contribution in [0.4, 0.5) is 11.4 Å². The highest BCUT2D eigenvalue weighted by atomic mass is 35.5. The summed E-state index contributed by atoms with van der Waals surface area (Å²) in [6.45, 7) is 8.97. The Balaban J connectivity index is 1.12. The lowest BCUT2D eigenvalue weighted by Gasteiger charge is -2.46. The van der Waals surface area contributed by atoms with Crippen LogP contribution in [-0.4, -0.2) is 49.0 Å². The van der Waals surface area contributed by atoms with E-state index in [4.69, 9.17) is 16.7 Å². The second kappa shape index (κ2) is 12.3. The van der Waals surface area contributed by atoms with E-state index in [0.29, 0.717) is 22.1 Å². The number of anilines is 2. The number of nitrogens with one attached hydrogen (secondary N) is 2. The van der Waals surface area contributed by atoms with E-state index in [1.165, 1.54) is 38.5 Å². The fraction of sp³-hybridized carbons (Fsp3) is 0.538. The van der Waals surface area contributed by atoms with Crippen molar-refractivity contribution in [3.05, 3.63) is 76.7 Å². The van der Waals surface area contributed by atoms with Gasteiger partial charge in [0, 0.05) is 41.4 Å². The summed E-state index contributed by atoms with van der Waals surface area (Å²) in [6.07, 6.45) is 14.8. The molecule has 5 atom stereocenters. The molecule has 4 bridgehead atoms. The van der Waals surface area contributed by atoms with E-state index >= 15 is 0 Å². The van der Waals surface area contributed by atoms with Crippen LogP contribution >= 0.6 is 11.6 Å². The first-order valence-corrected chi connectivity index (χ1v) is 18.3. The number of piperidine rings is 1. The largest absolute Gasteiger partial charge is 0.378 e. The highest BCUT2D eigenvalue weighted by Crippen LogP contribution is 2.54. The van der Waals surface area contributed by atoms with Crippen LogP contribution in [0.15, 0.2) is 54.9 Å². The van der Waals surface area contributed by atoms with Crippen LogP contribution in [0.1, 0.15) is 107 Å². The summed E-state index contributed by atoms with van der Waals surface area (Å²) in [5.74, 6) is 2.42. The molecule has 3 heterocycles. The highest BCUT2D eigenvalue weighted by molar-refractivity contribution is 6.35. The van der Waals surface area contributed by atoms with Crippen LogP contribution < -0.4 is 10.6 Å². The van der Waals surface area contributed by atoms with Crippen molar-refractivity contribution >= 4 is 33.9 Å². The molecule has 0 spiro atoms. The topological polar surface area (TPSA) is 94.7 Å². The summed E-state index contributed by atoms with van der Waals surface area (Å²) in [6, 6.07) is 17.0. The van der Waals surface area contributed by atoms with Crippen molar-refractivity contribution in [3.63, 3.8) is 0 Å². The smallest absolute Gasteiger partial charge is 0.109 e. The molecule has 2 aromatic carbocycles. The number of nitrogens with zero attached hydrogens (tertiary/aromatic N) is 6. The van der Waals surface area contributed by atoms with Gasteiger partial charge in [-0.1, -0.05) is 47.1 Å². The van der Waals surface area contributed by atoms with E-state index in [2.05, 4.69) is 93.8 Å². The molecule has 1 unspecified atom stereocenters. The van der Waals surface area contributed by atoms with E-state index in [1.54, 1.807) is 6.20 Å². The molecule has 1 aliphatic heterocycles. The normalized spacial score (nSPS) is 26.7. The van der Waals surface area contributed by atoms with Crippen molar-refractivity contribution in [2.45, 2.75) is 102 Å². The molecule has 1 saturated heterocycles. The van der Waals surface area contributed by atoms with E-state index in [-0.39, 0.29) is 17.1 Å². The lowest BCUT2D eigenvalue weighted by molar-refractivity contribution is 0.0866. The Kier molecular flexibility index (Phi) is 8.12. The number of halogens is 1. The standard InChI is InChI=1S/C39H47ClN8/c1-38(2,3)47-13-10-31(11-14-47)48-24-34(45-46-48)36(28-7-5-4-6-8-28)43-30-18-32-35(29(22-41)23-42-37(32)33(40)19-30)44-39-12-9-25-15-26(20-39)17-27(16-25)21-39/h4-8,18-19,23-27,31,36,43H,9-17,20-21H2,1-3H3,(H,42,44)/t25?,26-,27+,36-,39-/m0/s1. The van der Waals surface area contributed by atoms with Gasteiger partial charge in [0.05, 0.1) is 40.1 Å². The van der Waals surface area contributed by atoms with Gasteiger partial charge in [-0.05, 0) is 114 Å². The molecule has 5 fully saturated rings. The number of hydrogen-bond donors (Lipinski definition) is 2. The monoisotopic (exact) mass is 662 g/mol.